The molecular formula is C11H13ClO2. The number of hydrogen-bond donors (Lipinski definition) is 0. The van der Waals surface area contributed by atoms with Crippen LogP contribution in [-0.4, -0.2) is 19.6 Å². The molecular weight excluding hydrogens is 200 g/mol. The van der Waals surface area contributed by atoms with Gasteiger partial charge in [0.1, 0.15) is 0 Å². The highest BCUT2D eigenvalue weighted by Gasteiger charge is 2.26. The summed E-state index contributed by atoms with van der Waals surface area (Å²) in [4.78, 5) is 0. The Morgan fingerprint density at radius 3 is 3.14 bits per heavy atom. The van der Waals surface area contributed by atoms with Crippen LogP contribution < -0.4 is 9.47 Å². The quantitative estimate of drug-likeness (QED) is 0.718. The van der Waals surface area contributed by atoms with Crippen molar-refractivity contribution in [3.05, 3.63) is 23.8 Å². The Kier molecular flexibility index (Phi) is 2.82. The zero-order chi connectivity index (χ0) is 9.97. The van der Waals surface area contributed by atoms with Crippen LogP contribution in [0.4, 0.5) is 0 Å². The summed E-state index contributed by atoms with van der Waals surface area (Å²) in [5.74, 6) is 2.81. The van der Waals surface area contributed by atoms with Gasteiger partial charge in [0.05, 0.1) is 13.7 Å². The summed E-state index contributed by atoms with van der Waals surface area (Å²) in [5.41, 5.74) is 1.23. The van der Waals surface area contributed by atoms with E-state index in [0.29, 0.717) is 11.8 Å². The van der Waals surface area contributed by atoms with E-state index in [1.807, 2.05) is 12.1 Å². The van der Waals surface area contributed by atoms with Crippen LogP contribution in [0.2, 0.25) is 0 Å². The van der Waals surface area contributed by atoms with Crippen LogP contribution in [0, 0.1) is 0 Å². The molecule has 0 fully saturated rings. The van der Waals surface area contributed by atoms with Crippen molar-refractivity contribution < 1.29 is 9.47 Å². The van der Waals surface area contributed by atoms with Gasteiger partial charge in [0.15, 0.2) is 11.5 Å². The average Bonchev–Trinajstić information content (AvgIpc) is 2.62. The van der Waals surface area contributed by atoms with Gasteiger partial charge in [-0.2, -0.15) is 0 Å². The predicted octanol–water partition coefficient (Wildman–Crippen LogP) is 2.80. The highest BCUT2D eigenvalue weighted by molar-refractivity contribution is 6.17. The third kappa shape index (κ3) is 1.55. The molecule has 0 bridgehead atoms. The van der Waals surface area contributed by atoms with Crippen molar-refractivity contribution >= 4 is 11.6 Å². The van der Waals surface area contributed by atoms with E-state index >= 15 is 0 Å². The summed E-state index contributed by atoms with van der Waals surface area (Å²) >= 11 is 5.73. The number of para-hydroxylation sites is 1. The van der Waals surface area contributed by atoms with Crippen LogP contribution in [-0.2, 0) is 0 Å². The van der Waals surface area contributed by atoms with Gasteiger partial charge in [-0.3, -0.25) is 0 Å². The molecule has 2 rings (SSSR count). The van der Waals surface area contributed by atoms with Crippen molar-refractivity contribution in [2.75, 3.05) is 19.6 Å². The second-order valence-corrected chi connectivity index (χ2v) is 3.74. The van der Waals surface area contributed by atoms with Crippen molar-refractivity contribution in [3.63, 3.8) is 0 Å². The number of benzene rings is 1. The van der Waals surface area contributed by atoms with Gasteiger partial charge in [-0.15, -0.1) is 11.6 Å². The molecule has 0 spiro atoms. The van der Waals surface area contributed by atoms with Crippen molar-refractivity contribution in [1.82, 2.24) is 0 Å². The monoisotopic (exact) mass is 212 g/mol. The van der Waals surface area contributed by atoms with Gasteiger partial charge in [0, 0.05) is 17.4 Å². The molecule has 1 atom stereocenters. The fourth-order valence-electron chi connectivity index (χ4n) is 1.81. The van der Waals surface area contributed by atoms with E-state index in [4.69, 9.17) is 21.1 Å². The lowest BCUT2D eigenvalue weighted by atomic mass is 9.99. The Balaban J connectivity index is 2.31. The normalized spacial score (nSPS) is 18.9. The minimum Gasteiger partial charge on any atom is -0.493 e. The highest BCUT2D eigenvalue weighted by Crippen LogP contribution is 2.42. The molecule has 0 aliphatic carbocycles. The van der Waals surface area contributed by atoms with Crippen LogP contribution in [0.3, 0.4) is 0 Å². The van der Waals surface area contributed by atoms with E-state index in [2.05, 4.69) is 6.07 Å². The topological polar surface area (TPSA) is 18.5 Å². The molecule has 0 N–H and O–H groups in total. The van der Waals surface area contributed by atoms with Crippen LogP contribution in [0.25, 0.3) is 0 Å². The maximum atomic E-state index is 5.73. The van der Waals surface area contributed by atoms with Crippen LogP contribution >= 0.6 is 11.6 Å². The minimum absolute atomic E-state index is 0.428. The lowest BCUT2D eigenvalue weighted by molar-refractivity contribution is 0.308. The number of ether oxygens (including phenoxy) is 2. The fourth-order valence-corrected chi connectivity index (χ4v) is 2.08. The lowest BCUT2D eigenvalue weighted by Gasteiger charge is -2.06. The Labute approximate surface area is 88.8 Å². The zero-order valence-corrected chi connectivity index (χ0v) is 8.88. The first-order chi connectivity index (χ1) is 6.86. The lowest BCUT2D eigenvalue weighted by Crippen LogP contribution is -2.00. The molecule has 76 valence electrons. The molecule has 1 aromatic rings. The fraction of sp³-hybridized carbons (Fsp3) is 0.455. The number of rotatable bonds is 3. The first-order valence-corrected chi connectivity index (χ1v) is 5.26. The molecule has 0 unspecified atom stereocenters. The van der Waals surface area contributed by atoms with E-state index in [1.54, 1.807) is 7.11 Å². The maximum absolute atomic E-state index is 5.73. The Morgan fingerprint density at radius 2 is 2.43 bits per heavy atom. The van der Waals surface area contributed by atoms with Crippen molar-refractivity contribution in [2.45, 2.75) is 12.3 Å². The summed E-state index contributed by atoms with van der Waals surface area (Å²) in [6.07, 6.45) is 0.960. The first kappa shape index (κ1) is 9.66. The summed E-state index contributed by atoms with van der Waals surface area (Å²) in [6.45, 7) is 0.725. The minimum atomic E-state index is 0.428. The average molecular weight is 213 g/mol. The van der Waals surface area contributed by atoms with Crippen LogP contribution in [0.15, 0.2) is 18.2 Å². The van der Waals surface area contributed by atoms with Gasteiger partial charge < -0.3 is 9.47 Å². The van der Waals surface area contributed by atoms with Gasteiger partial charge >= 0.3 is 0 Å². The molecule has 2 nitrogen and oxygen atoms in total. The second kappa shape index (κ2) is 4.09. The van der Waals surface area contributed by atoms with E-state index in [9.17, 15) is 0 Å². The molecule has 3 heteroatoms. The number of fused-ring (bicyclic) bond motifs is 1. The predicted molar refractivity (Wildman–Crippen MR) is 56.6 cm³/mol. The van der Waals surface area contributed by atoms with Gasteiger partial charge in [-0.05, 0) is 12.5 Å². The van der Waals surface area contributed by atoms with Crippen LogP contribution in [0.5, 0.6) is 11.5 Å². The number of methoxy groups -OCH3 is 1. The third-order valence-electron chi connectivity index (χ3n) is 2.56. The van der Waals surface area contributed by atoms with Crippen molar-refractivity contribution in [2.24, 2.45) is 0 Å². The largest absolute Gasteiger partial charge is 0.493 e. The molecule has 0 aromatic heterocycles. The molecule has 0 amide bonds. The maximum Gasteiger partial charge on any atom is 0.164 e. The molecule has 1 aliphatic heterocycles. The van der Waals surface area contributed by atoms with E-state index in [1.165, 1.54) is 5.56 Å². The Bertz CT molecular complexity index is 325. The van der Waals surface area contributed by atoms with Gasteiger partial charge in [0.25, 0.3) is 0 Å². The van der Waals surface area contributed by atoms with E-state index in [-0.39, 0.29) is 0 Å². The summed E-state index contributed by atoms with van der Waals surface area (Å²) in [6, 6.07) is 6.00. The molecule has 1 aliphatic rings. The molecule has 0 saturated heterocycles. The molecule has 0 radical (unpaired) electrons. The summed E-state index contributed by atoms with van der Waals surface area (Å²) in [5, 5.41) is 0. The second-order valence-electron chi connectivity index (χ2n) is 3.36. The Morgan fingerprint density at radius 1 is 1.57 bits per heavy atom. The van der Waals surface area contributed by atoms with Crippen molar-refractivity contribution in [1.29, 1.82) is 0 Å². The molecule has 1 aromatic carbocycles. The highest BCUT2D eigenvalue weighted by atomic mass is 35.5. The van der Waals surface area contributed by atoms with E-state index in [0.717, 1.165) is 24.5 Å². The van der Waals surface area contributed by atoms with E-state index < -0.39 is 0 Å². The summed E-state index contributed by atoms with van der Waals surface area (Å²) in [7, 11) is 1.66. The van der Waals surface area contributed by atoms with Gasteiger partial charge in [-0.1, -0.05) is 12.1 Å². The van der Waals surface area contributed by atoms with Gasteiger partial charge in [-0.25, -0.2) is 0 Å². The Hall–Kier alpha value is -0.890. The third-order valence-corrected chi connectivity index (χ3v) is 2.77. The number of alkyl halides is 1. The van der Waals surface area contributed by atoms with Crippen molar-refractivity contribution in [3.8, 4) is 11.5 Å². The standard InChI is InChI=1S/C11H13ClO2/c1-13-10-4-2-3-9-8(5-6-12)7-14-11(9)10/h2-4,8H,5-7H2,1H3/t8-/m0/s1. The zero-order valence-electron chi connectivity index (χ0n) is 8.13. The summed E-state index contributed by atoms with van der Waals surface area (Å²) < 4.78 is 10.8. The van der Waals surface area contributed by atoms with Crippen LogP contribution in [0.1, 0.15) is 17.9 Å². The molecule has 1 heterocycles. The molecule has 14 heavy (non-hydrogen) atoms. The van der Waals surface area contributed by atoms with Gasteiger partial charge in [0.2, 0.25) is 0 Å². The smallest absolute Gasteiger partial charge is 0.164 e. The SMILES string of the molecule is COc1cccc2c1OC[C@@H]2CCCl. The molecule has 0 saturated carbocycles. The number of hydrogen-bond acceptors (Lipinski definition) is 2. The number of halogens is 1. The first-order valence-electron chi connectivity index (χ1n) is 4.72.